The van der Waals surface area contributed by atoms with E-state index in [-0.39, 0.29) is 0 Å². The Morgan fingerprint density at radius 1 is 1.04 bits per heavy atom. The molecule has 142 valence electrons. The second-order valence-electron chi connectivity index (χ2n) is 5.24. The second-order valence-corrected chi connectivity index (χ2v) is 5.24. The maximum absolute atomic E-state index is 12.5. The summed E-state index contributed by atoms with van der Waals surface area (Å²) in [4.78, 5) is 45.0. The standard InChI is InChI=1S/C14H20FNO9/c1-6(17)22-5-9-12(23-7(2)18)13(24-8(3)19)11(14(21)25-9)16-10(20)4-15/h9,11-14,21H,4-5H2,1-3H3,(H,16,20)/t9-,11-,12-,13-,14-/m1/s1. The molecule has 1 rings (SSSR count). The molecule has 0 radical (unpaired) electrons. The van der Waals surface area contributed by atoms with Crippen molar-refractivity contribution in [3.63, 3.8) is 0 Å². The molecule has 0 spiro atoms. The van der Waals surface area contributed by atoms with E-state index in [1.807, 2.05) is 0 Å². The molecular weight excluding hydrogens is 345 g/mol. The highest BCUT2D eigenvalue weighted by molar-refractivity contribution is 5.77. The number of ether oxygens (including phenoxy) is 4. The lowest BCUT2D eigenvalue weighted by Crippen LogP contribution is -2.66. The molecule has 25 heavy (non-hydrogen) atoms. The van der Waals surface area contributed by atoms with Crippen molar-refractivity contribution in [2.75, 3.05) is 13.3 Å². The van der Waals surface area contributed by atoms with E-state index in [1.54, 1.807) is 0 Å². The Kier molecular flexibility index (Phi) is 7.71. The van der Waals surface area contributed by atoms with Gasteiger partial charge in [0, 0.05) is 20.8 Å². The van der Waals surface area contributed by atoms with Crippen LogP contribution in [0.3, 0.4) is 0 Å². The van der Waals surface area contributed by atoms with Crippen molar-refractivity contribution in [3.05, 3.63) is 0 Å². The van der Waals surface area contributed by atoms with Crippen molar-refractivity contribution < 1.29 is 47.6 Å². The molecule has 5 atom stereocenters. The molecule has 1 saturated heterocycles. The zero-order valence-corrected chi connectivity index (χ0v) is 13.9. The summed E-state index contributed by atoms with van der Waals surface area (Å²) in [5.74, 6) is -3.33. The van der Waals surface area contributed by atoms with Crippen LogP contribution in [0.1, 0.15) is 20.8 Å². The lowest BCUT2D eigenvalue weighted by atomic mass is 9.96. The number of carbonyl (C=O) groups is 4. The van der Waals surface area contributed by atoms with Crippen LogP contribution in [0, 0.1) is 0 Å². The summed E-state index contributed by atoms with van der Waals surface area (Å²) in [5, 5.41) is 12.1. The minimum absolute atomic E-state index is 0.411. The van der Waals surface area contributed by atoms with Gasteiger partial charge < -0.3 is 29.4 Å². The Bertz CT molecular complexity index is 526. The third-order valence-corrected chi connectivity index (χ3v) is 3.17. The number of esters is 3. The van der Waals surface area contributed by atoms with Crippen LogP contribution in [0.2, 0.25) is 0 Å². The van der Waals surface area contributed by atoms with Crippen LogP contribution in [0.15, 0.2) is 0 Å². The van der Waals surface area contributed by atoms with Gasteiger partial charge in [0.15, 0.2) is 25.2 Å². The molecule has 0 aromatic rings. The first-order valence-electron chi connectivity index (χ1n) is 7.32. The number of aliphatic hydroxyl groups is 1. The third kappa shape index (κ3) is 6.27. The van der Waals surface area contributed by atoms with E-state index in [4.69, 9.17) is 18.9 Å². The Morgan fingerprint density at radius 3 is 2.08 bits per heavy atom. The fourth-order valence-corrected chi connectivity index (χ4v) is 2.30. The van der Waals surface area contributed by atoms with Gasteiger partial charge in [0.2, 0.25) is 0 Å². The van der Waals surface area contributed by atoms with E-state index >= 15 is 0 Å². The van der Waals surface area contributed by atoms with E-state index < -0.39 is 67.7 Å². The predicted octanol–water partition coefficient (Wildman–Crippen LogP) is -1.42. The molecule has 2 N–H and O–H groups in total. The van der Waals surface area contributed by atoms with Crippen LogP contribution in [0.5, 0.6) is 0 Å². The normalized spacial score (nSPS) is 28.6. The van der Waals surface area contributed by atoms with Crippen LogP contribution in [-0.4, -0.2) is 72.8 Å². The summed E-state index contributed by atoms with van der Waals surface area (Å²) in [6, 6.07) is -1.40. The van der Waals surface area contributed by atoms with Gasteiger partial charge in [0.1, 0.15) is 18.8 Å². The van der Waals surface area contributed by atoms with Crippen molar-refractivity contribution in [2.24, 2.45) is 0 Å². The van der Waals surface area contributed by atoms with Gasteiger partial charge >= 0.3 is 17.9 Å². The largest absolute Gasteiger partial charge is 0.463 e. The molecule has 0 aromatic heterocycles. The minimum atomic E-state index is -1.73. The molecule has 11 heteroatoms. The Balaban J connectivity index is 3.12. The average Bonchev–Trinajstić information content (AvgIpc) is 2.50. The van der Waals surface area contributed by atoms with Gasteiger partial charge in [-0.2, -0.15) is 0 Å². The average molecular weight is 365 g/mol. The van der Waals surface area contributed by atoms with Crippen LogP contribution in [-0.2, 0) is 38.1 Å². The van der Waals surface area contributed by atoms with E-state index in [1.165, 1.54) is 0 Å². The van der Waals surface area contributed by atoms with Gasteiger partial charge in [-0.15, -0.1) is 0 Å². The Hall–Kier alpha value is -2.27. The number of amides is 1. The Labute approximate surface area is 142 Å². The summed E-state index contributed by atoms with van der Waals surface area (Å²) in [7, 11) is 0. The fourth-order valence-electron chi connectivity index (χ4n) is 2.30. The number of halogens is 1. The fraction of sp³-hybridized carbons (Fsp3) is 0.714. The van der Waals surface area contributed by atoms with E-state index in [0.717, 1.165) is 20.8 Å². The topological polar surface area (TPSA) is 137 Å². The van der Waals surface area contributed by atoms with Gasteiger partial charge in [0.25, 0.3) is 5.91 Å². The molecule has 0 aromatic carbocycles. The Morgan fingerprint density at radius 2 is 1.60 bits per heavy atom. The first kappa shape index (κ1) is 20.8. The van der Waals surface area contributed by atoms with Gasteiger partial charge in [-0.3, -0.25) is 19.2 Å². The third-order valence-electron chi connectivity index (χ3n) is 3.17. The highest BCUT2D eigenvalue weighted by Gasteiger charge is 2.50. The number of hydrogen-bond acceptors (Lipinski definition) is 9. The number of rotatable bonds is 6. The highest BCUT2D eigenvalue weighted by Crippen LogP contribution is 2.26. The monoisotopic (exact) mass is 365 g/mol. The quantitative estimate of drug-likeness (QED) is 0.429. The summed E-state index contributed by atoms with van der Waals surface area (Å²) < 4.78 is 32.5. The second kappa shape index (κ2) is 9.28. The number of nitrogens with one attached hydrogen (secondary N) is 1. The van der Waals surface area contributed by atoms with E-state index in [2.05, 4.69) is 5.32 Å². The molecule has 0 bridgehead atoms. The molecule has 1 amide bonds. The van der Waals surface area contributed by atoms with Crippen molar-refractivity contribution in [2.45, 2.75) is 51.4 Å². The van der Waals surface area contributed by atoms with Gasteiger partial charge in [0.05, 0.1) is 0 Å². The number of aliphatic hydroxyl groups excluding tert-OH is 1. The lowest BCUT2D eigenvalue weighted by molar-refractivity contribution is -0.264. The van der Waals surface area contributed by atoms with E-state index in [9.17, 15) is 28.7 Å². The maximum Gasteiger partial charge on any atom is 0.303 e. The summed E-state index contributed by atoms with van der Waals surface area (Å²) >= 11 is 0. The molecule has 0 aliphatic carbocycles. The van der Waals surface area contributed by atoms with Gasteiger partial charge in [-0.1, -0.05) is 0 Å². The molecule has 1 heterocycles. The molecule has 0 saturated carbocycles. The molecule has 1 aliphatic heterocycles. The SMILES string of the molecule is CC(=O)OC[C@H]1O[C@@H](O)[C@H](NC(=O)CF)[C@@H](OC(C)=O)[C@@H]1OC(C)=O. The maximum atomic E-state index is 12.5. The van der Waals surface area contributed by atoms with Gasteiger partial charge in [-0.25, -0.2) is 4.39 Å². The zero-order chi connectivity index (χ0) is 19.1. The van der Waals surface area contributed by atoms with Crippen LogP contribution < -0.4 is 5.32 Å². The van der Waals surface area contributed by atoms with Crippen LogP contribution in [0.25, 0.3) is 0 Å². The highest BCUT2D eigenvalue weighted by atomic mass is 19.1. The molecule has 1 aliphatic rings. The summed E-state index contributed by atoms with van der Waals surface area (Å²) in [6.07, 6.45) is -5.60. The molecule has 10 nitrogen and oxygen atoms in total. The first-order chi connectivity index (χ1) is 11.6. The predicted molar refractivity (Wildman–Crippen MR) is 76.5 cm³/mol. The number of carbonyl (C=O) groups excluding carboxylic acids is 4. The first-order valence-corrected chi connectivity index (χ1v) is 7.32. The molecule has 1 fully saturated rings. The molecular formula is C14H20FNO9. The van der Waals surface area contributed by atoms with Crippen molar-refractivity contribution in [3.8, 4) is 0 Å². The van der Waals surface area contributed by atoms with Gasteiger partial charge in [-0.05, 0) is 0 Å². The minimum Gasteiger partial charge on any atom is -0.463 e. The van der Waals surface area contributed by atoms with Crippen molar-refractivity contribution in [1.82, 2.24) is 5.32 Å². The lowest BCUT2D eigenvalue weighted by Gasteiger charge is -2.43. The summed E-state index contributed by atoms with van der Waals surface area (Å²) in [5.41, 5.74) is 0. The number of alkyl halides is 1. The molecule has 0 unspecified atom stereocenters. The van der Waals surface area contributed by atoms with E-state index in [0.29, 0.717) is 0 Å². The van der Waals surface area contributed by atoms with Crippen LogP contribution >= 0.6 is 0 Å². The van der Waals surface area contributed by atoms with Crippen molar-refractivity contribution in [1.29, 1.82) is 0 Å². The van der Waals surface area contributed by atoms with Crippen molar-refractivity contribution >= 4 is 23.8 Å². The number of hydrogen-bond donors (Lipinski definition) is 2. The van der Waals surface area contributed by atoms with Crippen LogP contribution in [0.4, 0.5) is 4.39 Å². The smallest absolute Gasteiger partial charge is 0.303 e. The summed E-state index contributed by atoms with van der Waals surface area (Å²) in [6.45, 7) is 1.47. The zero-order valence-electron chi connectivity index (χ0n) is 13.9.